The monoisotopic (exact) mass is 528 g/mol. The highest BCUT2D eigenvalue weighted by Crippen LogP contribution is 2.39. The van der Waals surface area contributed by atoms with Gasteiger partial charge in [-0.15, -0.1) is 13.2 Å². The van der Waals surface area contributed by atoms with Gasteiger partial charge in [-0.3, -0.25) is 4.79 Å². The number of aliphatic hydroxyl groups is 1. The minimum absolute atomic E-state index is 0.0247. The van der Waals surface area contributed by atoms with Crippen LogP contribution in [0.3, 0.4) is 0 Å². The largest absolute Gasteiger partial charge is 0.573 e. The van der Waals surface area contributed by atoms with Crippen molar-refractivity contribution in [3.05, 3.63) is 76.5 Å². The number of nitrogens with one attached hydrogen (secondary N) is 1. The van der Waals surface area contributed by atoms with Crippen LogP contribution in [-0.2, 0) is 25.9 Å². The molecule has 0 unspecified atom stereocenters. The quantitative estimate of drug-likeness (QED) is 0.431. The number of rotatable bonds is 7. The van der Waals surface area contributed by atoms with E-state index in [2.05, 4.69) is 15.2 Å². The zero-order chi connectivity index (χ0) is 27.0. The molecule has 7 nitrogen and oxygen atoms in total. The number of amides is 1. The van der Waals surface area contributed by atoms with E-state index in [0.717, 1.165) is 16.8 Å². The van der Waals surface area contributed by atoms with Gasteiger partial charge < -0.3 is 20.1 Å². The third kappa shape index (κ3) is 5.98. The van der Waals surface area contributed by atoms with Crippen LogP contribution < -0.4 is 15.0 Å². The van der Waals surface area contributed by atoms with Crippen molar-refractivity contribution in [1.29, 1.82) is 0 Å². The van der Waals surface area contributed by atoms with E-state index in [4.69, 9.17) is 0 Å². The van der Waals surface area contributed by atoms with E-state index in [1.807, 2.05) is 0 Å². The van der Waals surface area contributed by atoms with Gasteiger partial charge in [0.15, 0.2) is 5.69 Å². The lowest BCUT2D eigenvalue weighted by Gasteiger charge is -2.21. The van der Waals surface area contributed by atoms with Crippen LogP contribution in [0.1, 0.15) is 45.7 Å². The van der Waals surface area contributed by atoms with Gasteiger partial charge in [-0.2, -0.15) is 18.3 Å². The number of aromatic nitrogens is 2. The van der Waals surface area contributed by atoms with Gasteiger partial charge in [0.2, 0.25) is 0 Å². The molecule has 0 saturated heterocycles. The van der Waals surface area contributed by atoms with Crippen molar-refractivity contribution in [2.24, 2.45) is 0 Å². The summed E-state index contributed by atoms with van der Waals surface area (Å²) < 4.78 is 83.7. The smallest absolute Gasteiger partial charge is 0.406 e. The number of carbonyl (C=O) groups excluding carboxylic acids is 1. The first-order chi connectivity index (χ1) is 17.4. The van der Waals surface area contributed by atoms with Crippen LogP contribution in [0.4, 0.5) is 32.2 Å². The predicted molar refractivity (Wildman–Crippen MR) is 120 cm³/mol. The Morgan fingerprint density at radius 1 is 1.03 bits per heavy atom. The molecular formula is C24H22F6N4O3. The summed E-state index contributed by atoms with van der Waals surface area (Å²) in [7, 11) is 0. The van der Waals surface area contributed by atoms with Crippen molar-refractivity contribution in [2.75, 3.05) is 11.4 Å². The van der Waals surface area contributed by atoms with Crippen molar-refractivity contribution in [2.45, 2.75) is 45.2 Å². The number of hydrogen-bond acceptors (Lipinski definition) is 5. The van der Waals surface area contributed by atoms with E-state index < -0.39 is 41.5 Å². The Morgan fingerprint density at radius 2 is 1.65 bits per heavy atom. The van der Waals surface area contributed by atoms with Gasteiger partial charge in [0.25, 0.3) is 5.91 Å². The van der Waals surface area contributed by atoms with Crippen molar-refractivity contribution < 1.29 is 41.0 Å². The number of hydrogen-bond donors (Lipinski definition) is 2. The minimum Gasteiger partial charge on any atom is -0.406 e. The number of nitrogens with zero attached hydrogens (tertiary/aromatic N) is 3. The molecule has 1 aliphatic rings. The van der Waals surface area contributed by atoms with Gasteiger partial charge in [0.1, 0.15) is 17.1 Å². The lowest BCUT2D eigenvalue weighted by atomic mass is 10.1. The summed E-state index contributed by atoms with van der Waals surface area (Å²) in [5.74, 6) is -1.42. The number of halogens is 6. The average Bonchev–Trinajstić information content (AvgIpc) is 3.39. The van der Waals surface area contributed by atoms with Crippen LogP contribution in [0, 0.1) is 0 Å². The Balaban J connectivity index is 1.59. The van der Waals surface area contributed by atoms with E-state index in [1.165, 1.54) is 17.0 Å². The van der Waals surface area contributed by atoms with E-state index in [1.54, 1.807) is 31.2 Å². The SMILES string of the molecule is C[C@H](NC(=O)c1c(C(F)(F)F)nn2c1N(Cc1ccc(OC(F)(F)F)cc1)CC2)c1ccc(CO)cc1. The first-order valence-corrected chi connectivity index (χ1v) is 11.1. The van der Waals surface area contributed by atoms with Crippen molar-refractivity contribution in [1.82, 2.24) is 15.1 Å². The lowest BCUT2D eigenvalue weighted by Crippen LogP contribution is -2.31. The standard InChI is InChI=1S/C24H22F6N4O3/c1-14(17-6-2-16(13-35)3-7-17)31-21(36)19-20(23(25,26)27)32-34-11-10-33(22(19)34)12-15-4-8-18(9-5-15)37-24(28,29)30/h2-9,14,35H,10-13H2,1H3,(H,31,36)/t14-/m0/s1. The molecular weight excluding hydrogens is 506 g/mol. The van der Waals surface area contributed by atoms with Crippen molar-refractivity contribution >= 4 is 11.7 Å². The van der Waals surface area contributed by atoms with Crippen molar-refractivity contribution in [3.8, 4) is 5.75 Å². The van der Waals surface area contributed by atoms with Crippen LogP contribution in [0.2, 0.25) is 0 Å². The molecule has 0 spiro atoms. The Kier molecular flexibility index (Phi) is 7.09. The molecule has 0 saturated carbocycles. The summed E-state index contributed by atoms with van der Waals surface area (Å²) in [5, 5.41) is 15.4. The summed E-state index contributed by atoms with van der Waals surface area (Å²) in [6, 6.07) is 10.9. The zero-order valence-corrected chi connectivity index (χ0v) is 19.4. The topological polar surface area (TPSA) is 79.6 Å². The fraction of sp³-hybridized carbons (Fsp3) is 0.333. The fourth-order valence-electron chi connectivity index (χ4n) is 4.09. The first-order valence-electron chi connectivity index (χ1n) is 11.1. The average molecular weight is 528 g/mol. The normalized spacial score (nSPS) is 14.4. The molecule has 0 radical (unpaired) electrons. The summed E-state index contributed by atoms with van der Waals surface area (Å²) in [5.41, 5.74) is -0.172. The van der Waals surface area contributed by atoms with Gasteiger partial charge in [-0.25, -0.2) is 4.68 Å². The van der Waals surface area contributed by atoms with Crippen molar-refractivity contribution in [3.63, 3.8) is 0 Å². The molecule has 0 aliphatic carbocycles. The van der Waals surface area contributed by atoms with Crippen LogP contribution in [0.15, 0.2) is 48.5 Å². The molecule has 4 rings (SSSR count). The summed E-state index contributed by atoms with van der Waals surface area (Å²) >= 11 is 0. The van der Waals surface area contributed by atoms with Crippen LogP contribution in [0.25, 0.3) is 0 Å². The van der Waals surface area contributed by atoms with Gasteiger partial charge >= 0.3 is 12.5 Å². The summed E-state index contributed by atoms with van der Waals surface area (Å²) in [4.78, 5) is 14.7. The molecule has 1 atom stereocenters. The summed E-state index contributed by atoms with van der Waals surface area (Å²) in [6.45, 7) is 1.82. The van der Waals surface area contributed by atoms with Crippen LogP contribution >= 0.6 is 0 Å². The Hall–Kier alpha value is -3.74. The molecule has 0 bridgehead atoms. The molecule has 1 aliphatic heterocycles. The van der Waals surface area contributed by atoms with E-state index in [-0.39, 0.29) is 32.1 Å². The van der Waals surface area contributed by atoms with Crippen LogP contribution in [-0.4, -0.2) is 33.7 Å². The molecule has 37 heavy (non-hydrogen) atoms. The molecule has 1 aromatic heterocycles. The second-order valence-electron chi connectivity index (χ2n) is 8.48. The third-order valence-electron chi connectivity index (χ3n) is 5.84. The van der Waals surface area contributed by atoms with Gasteiger partial charge in [0.05, 0.1) is 19.2 Å². The highest BCUT2D eigenvalue weighted by Gasteiger charge is 2.44. The maximum absolute atomic E-state index is 13.8. The third-order valence-corrected chi connectivity index (χ3v) is 5.84. The number of ether oxygens (including phenoxy) is 1. The van der Waals surface area contributed by atoms with Gasteiger partial charge in [0, 0.05) is 13.1 Å². The molecule has 0 fully saturated rings. The number of anilines is 1. The molecule has 3 aromatic rings. The predicted octanol–water partition coefficient (Wildman–Crippen LogP) is 4.80. The molecule has 2 aromatic carbocycles. The lowest BCUT2D eigenvalue weighted by molar-refractivity contribution is -0.274. The number of aliphatic hydroxyl groups excluding tert-OH is 1. The van der Waals surface area contributed by atoms with E-state index >= 15 is 0 Å². The second kappa shape index (κ2) is 9.96. The first kappa shape index (κ1) is 26.3. The van der Waals surface area contributed by atoms with Gasteiger partial charge in [-0.05, 0) is 35.7 Å². The van der Waals surface area contributed by atoms with E-state index in [9.17, 15) is 36.2 Å². The molecule has 13 heteroatoms. The minimum atomic E-state index is -4.89. The number of alkyl halides is 6. The van der Waals surface area contributed by atoms with Gasteiger partial charge in [-0.1, -0.05) is 36.4 Å². The van der Waals surface area contributed by atoms with E-state index in [0.29, 0.717) is 16.7 Å². The number of carbonyl (C=O) groups is 1. The number of benzene rings is 2. The maximum atomic E-state index is 13.8. The Morgan fingerprint density at radius 3 is 2.22 bits per heavy atom. The molecule has 198 valence electrons. The maximum Gasteiger partial charge on any atom is 0.573 e. The Bertz CT molecular complexity index is 1250. The summed E-state index contributed by atoms with van der Waals surface area (Å²) in [6.07, 6.45) is -9.74. The Labute approximate surface area is 207 Å². The number of fused-ring (bicyclic) bond motifs is 1. The highest BCUT2D eigenvalue weighted by atomic mass is 19.4. The highest BCUT2D eigenvalue weighted by molar-refractivity contribution is 6.01. The molecule has 2 heterocycles. The zero-order valence-electron chi connectivity index (χ0n) is 19.4. The molecule has 2 N–H and O–H groups in total. The van der Waals surface area contributed by atoms with Crippen LogP contribution in [0.5, 0.6) is 5.75 Å². The second-order valence-corrected chi connectivity index (χ2v) is 8.48. The molecule has 1 amide bonds. The fourth-order valence-corrected chi connectivity index (χ4v) is 4.09.